The Bertz CT molecular complexity index is 490. The lowest BCUT2D eigenvalue weighted by Gasteiger charge is -2.30. The topological polar surface area (TPSA) is 58.4 Å². The lowest BCUT2D eigenvalue weighted by atomic mass is 9.99. The summed E-state index contributed by atoms with van der Waals surface area (Å²) in [6.45, 7) is 9.71. The molecular formula is C18H29N3O. The van der Waals surface area contributed by atoms with Crippen LogP contribution in [0.1, 0.15) is 44.7 Å². The van der Waals surface area contributed by atoms with Gasteiger partial charge in [-0.1, -0.05) is 31.2 Å². The molecule has 0 radical (unpaired) electrons. The van der Waals surface area contributed by atoms with Gasteiger partial charge in [0.05, 0.1) is 5.54 Å². The molecule has 1 aliphatic rings. The second kappa shape index (κ2) is 7.25. The van der Waals surface area contributed by atoms with E-state index in [9.17, 15) is 4.79 Å². The molecule has 122 valence electrons. The standard InChI is InChI=1S/C18H29N3O/c1-14-5-4-10-21(12-14)13-16-8-6-15(7-9-16)11-20-17(22)18(2,3)19/h6-9,14H,4-5,10-13,19H2,1-3H3,(H,20,22). The molecule has 1 aromatic rings. The third kappa shape index (κ3) is 5.11. The molecule has 0 saturated carbocycles. The van der Waals surface area contributed by atoms with E-state index < -0.39 is 5.54 Å². The number of likely N-dealkylation sites (tertiary alicyclic amines) is 1. The van der Waals surface area contributed by atoms with Gasteiger partial charge in [0.15, 0.2) is 0 Å². The zero-order valence-electron chi connectivity index (χ0n) is 14.1. The molecule has 1 atom stereocenters. The maximum Gasteiger partial charge on any atom is 0.239 e. The van der Waals surface area contributed by atoms with Crippen LogP contribution < -0.4 is 11.1 Å². The van der Waals surface area contributed by atoms with E-state index in [4.69, 9.17) is 5.73 Å². The molecule has 1 saturated heterocycles. The number of piperidine rings is 1. The van der Waals surface area contributed by atoms with Gasteiger partial charge in [0.1, 0.15) is 0 Å². The van der Waals surface area contributed by atoms with Crippen LogP contribution in [-0.2, 0) is 17.9 Å². The van der Waals surface area contributed by atoms with Crippen molar-refractivity contribution >= 4 is 5.91 Å². The average molecular weight is 303 g/mol. The molecule has 1 aromatic carbocycles. The van der Waals surface area contributed by atoms with E-state index in [1.165, 1.54) is 31.5 Å². The highest BCUT2D eigenvalue weighted by molar-refractivity contribution is 5.84. The fourth-order valence-electron chi connectivity index (χ4n) is 2.86. The largest absolute Gasteiger partial charge is 0.350 e. The highest BCUT2D eigenvalue weighted by Crippen LogP contribution is 2.18. The summed E-state index contributed by atoms with van der Waals surface area (Å²) in [7, 11) is 0. The maximum atomic E-state index is 11.8. The minimum atomic E-state index is -0.828. The van der Waals surface area contributed by atoms with Gasteiger partial charge in [0.25, 0.3) is 0 Å². The van der Waals surface area contributed by atoms with Gasteiger partial charge in [0, 0.05) is 19.6 Å². The maximum absolute atomic E-state index is 11.8. The Morgan fingerprint density at radius 2 is 1.95 bits per heavy atom. The monoisotopic (exact) mass is 303 g/mol. The van der Waals surface area contributed by atoms with Gasteiger partial charge in [-0.15, -0.1) is 0 Å². The predicted octanol–water partition coefficient (Wildman–Crippen LogP) is 2.27. The Hall–Kier alpha value is -1.39. The smallest absolute Gasteiger partial charge is 0.239 e. The first-order valence-corrected chi connectivity index (χ1v) is 8.22. The van der Waals surface area contributed by atoms with E-state index in [1.807, 2.05) is 0 Å². The third-order valence-electron chi connectivity index (χ3n) is 4.21. The van der Waals surface area contributed by atoms with Crippen molar-refractivity contribution in [2.24, 2.45) is 11.7 Å². The number of carbonyl (C=O) groups excluding carboxylic acids is 1. The normalized spacial score (nSPS) is 19.9. The molecule has 22 heavy (non-hydrogen) atoms. The van der Waals surface area contributed by atoms with E-state index in [2.05, 4.69) is 41.4 Å². The van der Waals surface area contributed by atoms with Crippen LogP contribution in [-0.4, -0.2) is 29.4 Å². The van der Waals surface area contributed by atoms with Crippen molar-refractivity contribution in [1.82, 2.24) is 10.2 Å². The van der Waals surface area contributed by atoms with E-state index in [0.717, 1.165) is 18.0 Å². The van der Waals surface area contributed by atoms with Crippen LogP contribution in [0.25, 0.3) is 0 Å². The van der Waals surface area contributed by atoms with Crippen LogP contribution in [0, 0.1) is 5.92 Å². The number of benzene rings is 1. The summed E-state index contributed by atoms with van der Waals surface area (Å²) in [6.07, 6.45) is 2.66. The zero-order chi connectivity index (χ0) is 16.2. The molecule has 1 amide bonds. The fourth-order valence-corrected chi connectivity index (χ4v) is 2.86. The molecule has 0 aromatic heterocycles. The van der Waals surface area contributed by atoms with Crippen LogP contribution >= 0.6 is 0 Å². The number of rotatable bonds is 5. The predicted molar refractivity (Wildman–Crippen MR) is 90.2 cm³/mol. The Morgan fingerprint density at radius 1 is 1.32 bits per heavy atom. The van der Waals surface area contributed by atoms with Gasteiger partial charge < -0.3 is 11.1 Å². The van der Waals surface area contributed by atoms with Crippen molar-refractivity contribution in [3.05, 3.63) is 35.4 Å². The Kier molecular flexibility index (Phi) is 5.59. The highest BCUT2D eigenvalue weighted by Gasteiger charge is 2.21. The second-order valence-electron chi connectivity index (χ2n) is 7.20. The van der Waals surface area contributed by atoms with Crippen molar-refractivity contribution in [2.45, 2.75) is 52.2 Å². The number of nitrogens with two attached hydrogens (primary N) is 1. The summed E-state index contributed by atoms with van der Waals surface area (Å²) < 4.78 is 0. The molecular weight excluding hydrogens is 274 g/mol. The molecule has 0 bridgehead atoms. The summed E-state index contributed by atoms with van der Waals surface area (Å²) in [4.78, 5) is 14.3. The average Bonchev–Trinajstić information content (AvgIpc) is 2.45. The first-order valence-electron chi connectivity index (χ1n) is 8.22. The molecule has 1 unspecified atom stereocenters. The first kappa shape index (κ1) is 17.0. The molecule has 3 N–H and O–H groups in total. The zero-order valence-corrected chi connectivity index (χ0v) is 14.1. The Balaban J connectivity index is 1.84. The van der Waals surface area contributed by atoms with Crippen molar-refractivity contribution < 1.29 is 4.79 Å². The molecule has 4 heteroatoms. The summed E-state index contributed by atoms with van der Waals surface area (Å²) in [5, 5.41) is 2.87. The van der Waals surface area contributed by atoms with Gasteiger partial charge >= 0.3 is 0 Å². The summed E-state index contributed by atoms with van der Waals surface area (Å²) in [5.74, 6) is 0.682. The van der Waals surface area contributed by atoms with Crippen molar-refractivity contribution in [3.63, 3.8) is 0 Å². The van der Waals surface area contributed by atoms with E-state index in [1.54, 1.807) is 13.8 Å². The summed E-state index contributed by atoms with van der Waals surface area (Å²) in [5.41, 5.74) is 7.38. The number of amides is 1. The third-order valence-corrected chi connectivity index (χ3v) is 4.21. The minimum Gasteiger partial charge on any atom is -0.350 e. The van der Waals surface area contributed by atoms with Crippen LogP contribution in [0.3, 0.4) is 0 Å². The van der Waals surface area contributed by atoms with Crippen LogP contribution in [0.4, 0.5) is 0 Å². The lowest BCUT2D eigenvalue weighted by Crippen LogP contribution is -2.48. The fraction of sp³-hybridized carbons (Fsp3) is 0.611. The summed E-state index contributed by atoms with van der Waals surface area (Å²) in [6, 6.07) is 8.50. The number of nitrogens with one attached hydrogen (secondary N) is 1. The molecule has 1 aliphatic heterocycles. The number of nitrogens with zero attached hydrogens (tertiary/aromatic N) is 1. The molecule has 1 heterocycles. The molecule has 2 rings (SSSR count). The summed E-state index contributed by atoms with van der Waals surface area (Å²) >= 11 is 0. The van der Waals surface area contributed by atoms with Crippen LogP contribution in [0.2, 0.25) is 0 Å². The van der Waals surface area contributed by atoms with E-state index in [0.29, 0.717) is 6.54 Å². The SMILES string of the molecule is CC1CCCN(Cc2ccc(CNC(=O)C(C)(C)N)cc2)C1. The number of carbonyl (C=O) groups is 1. The second-order valence-corrected chi connectivity index (χ2v) is 7.20. The Morgan fingerprint density at radius 3 is 2.55 bits per heavy atom. The molecule has 4 nitrogen and oxygen atoms in total. The van der Waals surface area contributed by atoms with Crippen molar-refractivity contribution in [2.75, 3.05) is 13.1 Å². The molecule has 0 spiro atoms. The number of hydrogen-bond donors (Lipinski definition) is 2. The van der Waals surface area contributed by atoms with E-state index in [-0.39, 0.29) is 5.91 Å². The van der Waals surface area contributed by atoms with Gasteiger partial charge in [-0.3, -0.25) is 9.69 Å². The molecule has 1 fully saturated rings. The van der Waals surface area contributed by atoms with Crippen LogP contribution in [0.5, 0.6) is 0 Å². The minimum absolute atomic E-state index is 0.126. The van der Waals surface area contributed by atoms with E-state index >= 15 is 0 Å². The van der Waals surface area contributed by atoms with Gasteiger partial charge in [-0.25, -0.2) is 0 Å². The van der Waals surface area contributed by atoms with Crippen molar-refractivity contribution in [3.8, 4) is 0 Å². The van der Waals surface area contributed by atoms with Crippen LogP contribution in [0.15, 0.2) is 24.3 Å². The number of hydrogen-bond acceptors (Lipinski definition) is 3. The lowest BCUT2D eigenvalue weighted by molar-refractivity contribution is -0.125. The van der Waals surface area contributed by atoms with Gasteiger partial charge in [-0.2, -0.15) is 0 Å². The highest BCUT2D eigenvalue weighted by atomic mass is 16.2. The van der Waals surface area contributed by atoms with Crippen molar-refractivity contribution in [1.29, 1.82) is 0 Å². The van der Waals surface area contributed by atoms with Gasteiger partial charge in [-0.05, 0) is 50.3 Å². The molecule has 0 aliphatic carbocycles. The van der Waals surface area contributed by atoms with Gasteiger partial charge in [0.2, 0.25) is 5.91 Å². The first-order chi connectivity index (χ1) is 10.3. The Labute approximate surface area is 134 Å². The quantitative estimate of drug-likeness (QED) is 0.877.